The van der Waals surface area contributed by atoms with Crippen LogP contribution in [0.5, 0.6) is 5.75 Å². The minimum absolute atomic E-state index is 0.0527. The van der Waals surface area contributed by atoms with Gasteiger partial charge in [0.1, 0.15) is 5.75 Å². The maximum absolute atomic E-state index is 12.3. The number of rotatable bonds is 2. The third kappa shape index (κ3) is 2.69. The fourth-order valence-corrected chi connectivity index (χ4v) is 2.89. The Labute approximate surface area is 127 Å². The van der Waals surface area contributed by atoms with E-state index in [9.17, 15) is 9.59 Å². The van der Waals surface area contributed by atoms with Crippen molar-refractivity contribution in [2.75, 3.05) is 17.2 Å². The molecule has 4 N–H and O–H groups in total. The van der Waals surface area contributed by atoms with E-state index in [1.165, 1.54) is 0 Å². The highest BCUT2D eigenvalue weighted by Crippen LogP contribution is 2.37. The van der Waals surface area contributed by atoms with Crippen molar-refractivity contribution in [3.63, 3.8) is 0 Å². The predicted octanol–water partition coefficient (Wildman–Crippen LogP) is 1.88. The Morgan fingerprint density at radius 1 is 1.38 bits per heavy atom. The number of hydrogen-bond donors (Lipinski definition) is 3. The van der Waals surface area contributed by atoms with Gasteiger partial charge in [-0.05, 0) is 18.9 Å². The van der Waals surface area contributed by atoms with Crippen LogP contribution in [0.3, 0.4) is 0 Å². The van der Waals surface area contributed by atoms with Crippen molar-refractivity contribution in [2.45, 2.75) is 31.2 Å². The van der Waals surface area contributed by atoms with E-state index in [0.29, 0.717) is 35.0 Å². The molecule has 2 aliphatic rings. The topological polar surface area (TPSA) is 93.5 Å². The molecule has 21 heavy (non-hydrogen) atoms. The van der Waals surface area contributed by atoms with E-state index in [2.05, 4.69) is 10.6 Å². The summed E-state index contributed by atoms with van der Waals surface area (Å²) in [6.45, 7) is -0.0527. The average molecular weight is 310 g/mol. The van der Waals surface area contributed by atoms with E-state index in [1.54, 1.807) is 12.1 Å². The van der Waals surface area contributed by atoms with E-state index in [4.69, 9.17) is 22.1 Å². The van der Waals surface area contributed by atoms with Gasteiger partial charge >= 0.3 is 0 Å². The Balaban J connectivity index is 1.83. The van der Waals surface area contributed by atoms with Crippen LogP contribution >= 0.6 is 11.6 Å². The lowest BCUT2D eigenvalue weighted by molar-refractivity contribution is -0.121. The van der Waals surface area contributed by atoms with Gasteiger partial charge in [0.05, 0.1) is 21.9 Å². The quantitative estimate of drug-likeness (QED) is 0.777. The van der Waals surface area contributed by atoms with Gasteiger partial charge in [-0.2, -0.15) is 0 Å². The molecule has 1 aromatic rings. The first-order valence-corrected chi connectivity index (χ1v) is 7.22. The van der Waals surface area contributed by atoms with Crippen LogP contribution in [0.1, 0.15) is 25.7 Å². The summed E-state index contributed by atoms with van der Waals surface area (Å²) in [5.74, 6) is 0.00991. The number of benzene rings is 1. The van der Waals surface area contributed by atoms with E-state index < -0.39 is 5.54 Å². The molecule has 0 atom stereocenters. The third-order valence-corrected chi connectivity index (χ3v) is 4.21. The highest BCUT2D eigenvalue weighted by Gasteiger charge is 2.37. The molecule has 1 aliphatic carbocycles. The van der Waals surface area contributed by atoms with E-state index in [-0.39, 0.29) is 18.4 Å². The molecule has 112 valence electrons. The monoisotopic (exact) mass is 309 g/mol. The lowest BCUT2D eigenvalue weighted by atomic mass is 9.98. The normalized spacial score (nSPS) is 19.4. The van der Waals surface area contributed by atoms with Crippen LogP contribution in [0.2, 0.25) is 5.02 Å². The van der Waals surface area contributed by atoms with E-state index in [0.717, 1.165) is 12.8 Å². The van der Waals surface area contributed by atoms with Gasteiger partial charge in [-0.3, -0.25) is 9.59 Å². The zero-order valence-corrected chi connectivity index (χ0v) is 12.1. The second-order valence-corrected chi connectivity index (χ2v) is 5.89. The van der Waals surface area contributed by atoms with E-state index >= 15 is 0 Å². The number of hydrogen-bond acceptors (Lipinski definition) is 4. The number of amides is 2. The minimum atomic E-state index is -0.825. The molecule has 0 spiro atoms. The lowest BCUT2D eigenvalue weighted by Crippen LogP contribution is -2.48. The summed E-state index contributed by atoms with van der Waals surface area (Å²) in [5, 5.41) is 5.75. The number of ether oxygens (including phenoxy) is 1. The first-order valence-electron chi connectivity index (χ1n) is 6.84. The van der Waals surface area contributed by atoms with Crippen LogP contribution in [0.15, 0.2) is 12.1 Å². The molecule has 1 heterocycles. The van der Waals surface area contributed by atoms with Gasteiger partial charge in [-0.1, -0.05) is 24.4 Å². The summed E-state index contributed by atoms with van der Waals surface area (Å²) < 4.78 is 5.31. The van der Waals surface area contributed by atoms with Crippen molar-refractivity contribution in [3.05, 3.63) is 17.2 Å². The van der Waals surface area contributed by atoms with Crippen LogP contribution in [-0.2, 0) is 9.59 Å². The molecule has 1 saturated carbocycles. The summed E-state index contributed by atoms with van der Waals surface area (Å²) in [5.41, 5.74) is 6.22. The predicted molar refractivity (Wildman–Crippen MR) is 79.6 cm³/mol. The maximum atomic E-state index is 12.3. The SMILES string of the molecule is NC1(C(=O)Nc2cc3c(cc2Cl)NC(=O)CO3)CCCC1. The van der Waals surface area contributed by atoms with Gasteiger partial charge in [0.15, 0.2) is 6.61 Å². The smallest absolute Gasteiger partial charge is 0.262 e. The number of nitrogens with two attached hydrogens (primary N) is 1. The van der Waals surface area contributed by atoms with Crippen molar-refractivity contribution in [1.82, 2.24) is 0 Å². The van der Waals surface area contributed by atoms with Crippen molar-refractivity contribution in [3.8, 4) is 5.75 Å². The first kappa shape index (κ1) is 14.2. The average Bonchev–Trinajstić information content (AvgIpc) is 2.88. The number of nitrogens with one attached hydrogen (secondary N) is 2. The number of fused-ring (bicyclic) bond motifs is 1. The molecule has 1 aliphatic heterocycles. The molecule has 1 fully saturated rings. The highest BCUT2D eigenvalue weighted by molar-refractivity contribution is 6.34. The number of carbonyl (C=O) groups is 2. The second-order valence-electron chi connectivity index (χ2n) is 5.48. The number of halogens is 1. The summed E-state index contributed by atoms with van der Waals surface area (Å²) in [7, 11) is 0. The van der Waals surface area contributed by atoms with Crippen molar-refractivity contribution in [1.29, 1.82) is 0 Å². The van der Waals surface area contributed by atoms with Crippen LogP contribution in [0, 0.1) is 0 Å². The molecule has 0 aromatic heterocycles. The Bertz CT molecular complexity index is 612. The van der Waals surface area contributed by atoms with Crippen molar-refractivity contribution < 1.29 is 14.3 Å². The van der Waals surface area contributed by atoms with E-state index in [1.807, 2.05) is 0 Å². The Kier molecular flexibility index (Phi) is 3.51. The van der Waals surface area contributed by atoms with Crippen LogP contribution in [-0.4, -0.2) is 24.0 Å². The van der Waals surface area contributed by atoms with Crippen LogP contribution < -0.4 is 21.1 Å². The fraction of sp³-hybridized carbons (Fsp3) is 0.429. The second kappa shape index (κ2) is 5.20. The summed E-state index contributed by atoms with van der Waals surface area (Å²) in [6.07, 6.45) is 3.26. The molecule has 1 aromatic carbocycles. The van der Waals surface area contributed by atoms with Crippen molar-refractivity contribution in [2.24, 2.45) is 5.73 Å². The molecule has 6 nitrogen and oxygen atoms in total. The molecule has 7 heteroatoms. The molecular weight excluding hydrogens is 294 g/mol. The Morgan fingerprint density at radius 3 is 2.81 bits per heavy atom. The van der Waals surface area contributed by atoms with Crippen LogP contribution in [0.4, 0.5) is 11.4 Å². The first-order chi connectivity index (χ1) is 9.98. The number of anilines is 2. The molecule has 3 rings (SSSR count). The molecule has 0 unspecified atom stereocenters. The molecule has 0 bridgehead atoms. The third-order valence-electron chi connectivity index (χ3n) is 3.90. The summed E-state index contributed by atoms with van der Waals surface area (Å²) >= 11 is 6.14. The molecule has 0 saturated heterocycles. The standard InChI is InChI=1S/C14H16ClN3O3/c15-8-5-10-11(21-7-12(19)17-10)6-9(8)18-13(20)14(16)3-1-2-4-14/h5-6H,1-4,7,16H2,(H,17,19)(H,18,20). The number of carbonyl (C=O) groups excluding carboxylic acids is 2. The van der Waals surface area contributed by atoms with Gasteiger partial charge in [0.25, 0.3) is 5.91 Å². The van der Waals surface area contributed by atoms with Gasteiger partial charge in [0.2, 0.25) is 5.91 Å². The zero-order chi connectivity index (χ0) is 15.0. The lowest BCUT2D eigenvalue weighted by Gasteiger charge is -2.24. The van der Waals surface area contributed by atoms with Gasteiger partial charge in [-0.15, -0.1) is 0 Å². The maximum Gasteiger partial charge on any atom is 0.262 e. The van der Waals surface area contributed by atoms with Crippen molar-refractivity contribution >= 4 is 34.8 Å². The van der Waals surface area contributed by atoms with Crippen LogP contribution in [0.25, 0.3) is 0 Å². The Morgan fingerprint density at radius 2 is 2.10 bits per heavy atom. The Hall–Kier alpha value is -1.79. The summed E-state index contributed by atoms with van der Waals surface area (Å²) in [4.78, 5) is 23.6. The zero-order valence-electron chi connectivity index (χ0n) is 11.4. The largest absolute Gasteiger partial charge is 0.482 e. The molecule has 2 amide bonds. The molecule has 0 radical (unpaired) electrons. The summed E-state index contributed by atoms with van der Waals surface area (Å²) in [6, 6.07) is 3.16. The molecular formula is C14H16ClN3O3. The fourth-order valence-electron chi connectivity index (χ4n) is 2.68. The van der Waals surface area contributed by atoms with Gasteiger partial charge < -0.3 is 21.1 Å². The van der Waals surface area contributed by atoms with Gasteiger partial charge in [-0.25, -0.2) is 0 Å². The van der Waals surface area contributed by atoms with Gasteiger partial charge in [0, 0.05) is 6.07 Å². The highest BCUT2D eigenvalue weighted by atomic mass is 35.5. The minimum Gasteiger partial charge on any atom is -0.482 e.